The third kappa shape index (κ3) is 2.84. The number of halogens is 2. The molecule has 2 aliphatic heterocycles. The number of hydrogen-bond acceptors (Lipinski definition) is 4. The summed E-state index contributed by atoms with van der Waals surface area (Å²) in [5.74, 6) is 3.66. The average Bonchev–Trinajstić information content (AvgIpc) is 3.22. The Balaban J connectivity index is 1.43. The first-order chi connectivity index (χ1) is 16.0. The van der Waals surface area contributed by atoms with Crippen molar-refractivity contribution in [2.24, 2.45) is 5.11 Å². The molecule has 162 valence electrons. The third-order valence-corrected chi connectivity index (χ3v) is 6.14. The summed E-state index contributed by atoms with van der Waals surface area (Å²) in [4.78, 5) is 22.8. The van der Waals surface area contributed by atoms with Crippen LogP contribution in [0.4, 0.5) is 20.4 Å². The van der Waals surface area contributed by atoms with Gasteiger partial charge < -0.3 is 0 Å². The van der Waals surface area contributed by atoms with Crippen molar-refractivity contribution < 1.29 is 18.3 Å². The Bertz CT molecular complexity index is 1430. The molecule has 1 aliphatic carbocycles. The van der Waals surface area contributed by atoms with E-state index >= 15 is 8.78 Å². The lowest BCUT2D eigenvalue weighted by atomic mass is 10.1. The fourth-order valence-electron chi connectivity index (χ4n) is 4.42. The molecule has 33 heavy (non-hydrogen) atoms. The first kappa shape index (κ1) is 19.5. The number of carbonyl (C=O) groups is 1. The van der Waals surface area contributed by atoms with Crippen LogP contribution in [0.25, 0.3) is 5.70 Å². The molecule has 3 aromatic rings. The van der Waals surface area contributed by atoms with Gasteiger partial charge in [0.2, 0.25) is 5.95 Å². The quantitative estimate of drug-likeness (QED) is 0.449. The highest BCUT2D eigenvalue weighted by molar-refractivity contribution is 6.09. The van der Waals surface area contributed by atoms with E-state index in [9.17, 15) is 4.79 Å². The summed E-state index contributed by atoms with van der Waals surface area (Å²) < 4.78 is 34.0. The van der Waals surface area contributed by atoms with E-state index in [1.54, 1.807) is 40.0 Å². The van der Waals surface area contributed by atoms with Crippen LogP contribution in [0, 0.1) is 23.5 Å². The number of imidazole rings is 1. The Morgan fingerprint density at radius 2 is 1.88 bits per heavy atom. The van der Waals surface area contributed by atoms with Crippen molar-refractivity contribution in [2.45, 2.75) is 18.4 Å². The summed E-state index contributed by atoms with van der Waals surface area (Å²) in [6.45, 7) is 0.530. The molecule has 0 unspecified atom stereocenters. The van der Waals surface area contributed by atoms with Gasteiger partial charge in [-0.2, -0.15) is 0 Å². The van der Waals surface area contributed by atoms with E-state index in [1.807, 2.05) is 13.1 Å². The number of hydrogen-bond donors (Lipinski definition) is 0. The number of pyridine rings is 1. The molecular formula is C24H17F2N6O+. The molecule has 1 aromatic carbocycles. The van der Waals surface area contributed by atoms with E-state index < -0.39 is 22.9 Å². The fourth-order valence-corrected chi connectivity index (χ4v) is 4.42. The van der Waals surface area contributed by atoms with Crippen LogP contribution in [-0.2, 0) is 10.3 Å². The first-order valence-corrected chi connectivity index (χ1v) is 10.5. The van der Waals surface area contributed by atoms with Gasteiger partial charge in [0.05, 0.1) is 6.20 Å². The Morgan fingerprint density at radius 1 is 1.12 bits per heavy atom. The molecule has 1 fully saturated rings. The van der Waals surface area contributed by atoms with Gasteiger partial charge in [-0.1, -0.05) is 16.5 Å². The molecule has 9 heteroatoms. The van der Waals surface area contributed by atoms with Crippen LogP contribution in [0.15, 0.2) is 54.0 Å². The summed E-state index contributed by atoms with van der Waals surface area (Å²) in [6.07, 6.45) is 7.92. The molecule has 3 aliphatic rings. The van der Waals surface area contributed by atoms with E-state index in [0.717, 1.165) is 22.7 Å². The monoisotopic (exact) mass is 443 g/mol. The van der Waals surface area contributed by atoms with Crippen molar-refractivity contribution in [3.63, 3.8) is 0 Å². The van der Waals surface area contributed by atoms with Crippen LogP contribution in [0.1, 0.15) is 29.7 Å². The maximum absolute atomic E-state index is 15.2. The van der Waals surface area contributed by atoms with Crippen LogP contribution in [0.3, 0.4) is 0 Å². The highest BCUT2D eigenvalue weighted by Gasteiger charge is 2.62. The predicted molar refractivity (Wildman–Crippen MR) is 115 cm³/mol. The molecular weight excluding hydrogens is 426 g/mol. The van der Waals surface area contributed by atoms with Gasteiger partial charge in [-0.25, -0.2) is 18.7 Å². The number of carbonyl (C=O) groups excluding carboxylic acids is 1. The maximum Gasteiger partial charge on any atom is 0.260 e. The molecule has 4 heterocycles. The van der Waals surface area contributed by atoms with E-state index in [4.69, 9.17) is 0 Å². The fraction of sp³-hybridized carbons (Fsp3) is 0.208. The maximum atomic E-state index is 15.2. The largest absolute Gasteiger partial charge is 0.289 e. The van der Waals surface area contributed by atoms with Crippen molar-refractivity contribution in [3.05, 3.63) is 77.4 Å². The first-order valence-electron chi connectivity index (χ1n) is 10.5. The molecule has 0 saturated heterocycles. The van der Waals surface area contributed by atoms with Gasteiger partial charge >= 0.3 is 0 Å². The lowest BCUT2D eigenvalue weighted by Crippen LogP contribution is -2.31. The van der Waals surface area contributed by atoms with Gasteiger partial charge in [-0.05, 0) is 42.2 Å². The third-order valence-electron chi connectivity index (χ3n) is 6.14. The van der Waals surface area contributed by atoms with Gasteiger partial charge in [0.25, 0.3) is 11.6 Å². The van der Waals surface area contributed by atoms with Gasteiger partial charge in [0.1, 0.15) is 23.5 Å². The lowest BCUT2D eigenvalue weighted by Gasteiger charge is -2.17. The number of nitrogens with zero attached hydrogens (tertiary/aromatic N) is 6. The lowest BCUT2D eigenvalue weighted by molar-refractivity contribution is -0.467. The molecule has 2 aromatic heterocycles. The second kappa shape index (κ2) is 6.90. The number of benzene rings is 1. The van der Waals surface area contributed by atoms with E-state index in [1.165, 1.54) is 0 Å². The Labute approximate surface area is 187 Å². The zero-order chi connectivity index (χ0) is 22.7. The van der Waals surface area contributed by atoms with Crippen LogP contribution in [-0.4, -0.2) is 38.7 Å². The van der Waals surface area contributed by atoms with E-state index in [2.05, 4.69) is 26.9 Å². The summed E-state index contributed by atoms with van der Waals surface area (Å²) in [5, 5.41) is 4.30. The Morgan fingerprint density at radius 3 is 2.52 bits per heavy atom. The predicted octanol–water partition coefficient (Wildman–Crippen LogP) is 3.57. The second-order valence-electron chi connectivity index (χ2n) is 8.17. The number of rotatable bonds is 2. The Kier molecular flexibility index (Phi) is 4.08. The van der Waals surface area contributed by atoms with Gasteiger partial charge in [-0.3, -0.25) is 14.3 Å². The van der Waals surface area contributed by atoms with Crippen molar-refractivity contribution in [1.82, 2.24) is 14.5 Å². The number of fused-ring (bicyclic) bond motifs is 2. The van der Waals surface area contributed by atoms with Gasteiger partial charge in [-0.15, -0.1) is 0 Å². The SMILES string of the molecule is C[N+]1=NCC=C1c1cnc2n1C1(CC1)C(=O)N2c1c(F)cc(C#Cc2cccnc2)cc1F. The molecule has 0 radical (unpaired) electrons. The summed E-state index contributed by atoms with van der Waals surface area (Å²) in [5.41, 5.74) is 1.02. The van der Waals surface area contributed by atoms with E-state index in [0.29, 0.717) is 30.6 Å². The molecule has 0 bridgehead atoms. The van der Waals surface area contributed by atoms with Crippen molar-refractivity contribution in [2.75, 3.05) is 18.5 Å². The summed E-state index contributed by atoms with van der Waals surface area (Å²) in [6, 6.07) is 5.74. The van der Waals surface area contributed by atoms with E-state index in [-0.39, 0.29) is 17.4 Å². The van der Waals surface area contributed by atoms with Gasteiger partial charge in [0, 0.05) is 29.6 Å². The number of amides is 1. The van der Waals surface area contributed by atoms with Crippen LogP contribution < -0.4 is 4.90 Å². The normalized spacial score (nSPS) is 17.5. The highest BCUT2D eigenvalue weighted by atomic mass is 19.1. The van der Waals surface area contributed by atoms with Crippen molar-refractivity contribution in [3.8, 4) is 11.8 Å². The minimum absolute atomic E-state index is 0.161. The molecule has 7 nitrogen and oxygen atoms in total. The zero-order valence-electron chi connectivity index (χ0n) is 17.6. The Hall–Kier alpha value is -4.19. The number of aromatic nitrogens is 3. The highest BCUT2D eigenvalue weighted by Crippen LogP contribution is 2.55. The van der Waals surface area contributed by atoms with Crippen LogP contribution in [0.5, 0.6) is 0 Å². The minimum Gasteiger partial charge on any atom is -0.289 e. The number of azo groups is 2. The summed E-state index contributed by atoms with van der Waals surface area (Å²) in [7, 11) is 1.82. The van der Waals surface area contributed by atoms with Crippen LogP contribution >= 0.6 is 0 Å². The average molecular weight is 443 g/mol. The summed E-state index contributed by atoms with van der Waals surface area (Å²) >= 11 is 0. The minimum atomic E-state index is -0.875. The molecule has 6 rings (SSSR count). The molecule has 1 amide bonds. The topological polar surface area (TPSA) is 66.4 Å². The molecule has 1 saturated carbocycles. The number of anilines is 2. The van der Waals surface area contributed by atoms with Crippen molar-refractivity contribution in [1.29, 1.82) is 0 Å². The second-order valence-corrected chi connectivity index (χ2v) is 8.17. The van der Waals surface area contributed by atoms with Gasteiger partial charge in [0.15, 0.2) is 18.7 Å². The molecule has 0 N–H and O–H groups in total. The van der Waals surface area contributed by atoms with Crippen molar-refractivity contribution >= 4 is 23.2 Å². The molecule has 1 spiro atoms. The van der Waals surface area contributed by atoms with Crippen LogP contribution in [0.2, 0.25) is 0 Å². The zero-order valence-corrected chi connectivity index (χ0v) is 17.6. The standard InChI is InChI=1S/C24H17F2N6O/c1-30-19(6-10-29-30)20-14-28-23-31(22(33)24(7-8-24)32(20)23)21-17(25)11-16(12-18(21)26)5-4-15-3-2-9-27-13-15/h2-3,6,9,11-14H,7-8,10H2,1H3/q+1. The smallest absolute Gasteiger partial charge is 0.260 e. The molecule has 0 atom stereocenters.